The van der Waals surface area contributed by atoms with Gasteiger partial charge in [0.25, 0.3) is 5.91 Å². The molecule has 0 aliphatic heterocycles. The van der Waals surface area contributed by atoms with Gasteiger partial charge in [-0.3, -0.25) is 4.79 Å². The molecule has 100 valence electrons. The van der Waals surface area contributed by atoms with Gasteiger partial charge in [-0.2, -0.15) is 8.78 Å². The molecule has 1 N–H and O–H groups in total. The van der Waals surface area contributed by atoms with Gasteiger partial charge < -0.3 is 5.32 Å². The van der Waals surface area contributed by atoms with Crippen LogP contribution in [0.3, 0.4) is 0 Å². The monoisotopic (exact) mass is 255 g/mol. The second kappa shape index (κ2) is 5.94. The summed E-state index contributed by atoms with van der Waals surface area (Å²) in [5.74, 6) is -1.21. The molecule has 1 aromatic carbocycles. The molecule has 18 heavy (non-hydrogen) atoms. The van der Waals surface area contributed by atoms with Crippen molar-refractivity contribution in [3.63, 3.8) is 0 Å². The van der Waals surface area contributed by atoms with Gasteiger partial charge in [-0.25, -0.2) is 0 Å². The van der Waals surface area contributed by atoms with Crippen molar-refractivity contribution in [3.05, 3.63) is 35.9 Å². The van der Waals surface area contributed by atoms with Crippen LogP contribution in [0.2, 0.25) is 0 Å². The van der Waals surface area contributed by atoms with E-state index in [9.17, 15) is 13.6 Å². The van der Waals surface area contributed by atoms with E-state index in [4.69, 9.17) is 0 Å². The van der Waals surface area contributed by atoms with E-state index in [0.29, 0.717) is 6.42 Å². The quantitative estimate of drug-likeness (QED) is 0.876. The number of carbonyl (C=O) groups excluding carboxylic acids is 1. The van der Waals surface area contributed by atoms with Crippen molar-refractivity contribution < 1.29 is 13.6 Å². The van der Waals surface area contributed by atoms with Gasteiger partial charge in [-0.15, -0.1) is 0 Å². The molecule has 0 bridgehead atoms. The first-order chi connectivity index (χ1) is 8.29. The maximum Gasteiger partial charge on any atom is 0.315 e. The second-order valence-corrected chi connectivity index (χ2v) is 5.54. The first-order valence-corrected chi connectivity index (χ1v) is 5.93. The molecule has 0 radical (unpaired) electrons. The number of nitrogens with one attached hydrogen (secondary N) is 1. The number of carbonyl (C=O) groups is 1. The van der Waals surface area contributed by atoms with Crippen molar-refractivity contribution in [2.24, 2.45) is 5.41 Å². The lowest BCUT2D eigenvalue weighted by molar-refractivity contribution is -0.132. The van der Waals surface area contributed by atoms with E-state index >= 15 is 0 Å². The molecule has 1 unspecified atom stereocenters. The summed E-state index contributed by atoms with van der Waals surface area (Å²) in [7, 11) is 0. The van der Waals surface area contributed by atoms with Gasteiger partial charge in [0.05, 0.1) is 6.04 Å². The van der Waals surface area contributed by atoms with Crippen molar-refractivity contribution in [1.29, 1.82) is 0 Å². The molecule has 0 fully saturated rings. The highest BCUT2D eigenvalue weighted by atomic mass is 19.3. The fourth-order valence-electron chi connectivity index (χ4n) is 1.78. The zero-order chi connectivity index (χ0) is 13.8. The van der Waals surface area contributed by atoms with E-state index in [-0.39, 0.29) is 11.5 Å². The molecule has 0 aromatic heterocycles. The van der Waals surface area contributed by atoms with Crippen LogP contribution in [0.15, 0.2) is 30.3 Å². The summed E-state index contributed by atoms with van der Waals surface area (Å²) in [6.45, 7) is 6.03. The summed E-state index contributed by atoms with van der Waals surface area (Å²) in [4.78, 5) is 11.2. The third-order valence-corrected chi connectivity index (χ3v) is 2.53. The van der Waals surface area contributed by atoms with Crippen molar-refractivity contribution in [2.75, 3.05) is 0 Å². The SMILES string of the molecule is CC(C)(C)CC(NC(=O)C(F)F)c1ccccc1. The molecular formula is C14H19F2NO. The van der Waals surface area contributed by atoms with Crippen LogP contribution >= 0.6 is 0 Å². The number of rotatable bonds is 4. The Kier molecular flexibility index (Phi) is 4.82. The van der Waals surface area contributed by atoms with E-state index in [1.165, 1.54) is 0 Å². The minimum atomic E-state index is -2.98. The predicted molar refractivity (Wildman–Crippen MR) is 67.4 cm³/mol. The Morgan fingerprint density at radius 1 is 1.22 bits per heavy atom. The Balaban J connectivity index is 2.86. The van der Waals surface area contributed by atoms with Crippen LogP contribution in [-0.4, -0.2) is 12.3 Å². The maximum atomic E-state index is 12.3. The van der Waals surface area contributed by atoms with Crippen molar-refractivity contribution in [2.45, 2.75) is 39.7 Å². The summed E-state index contributed by atoms with van der Waals surface area (Å²) in [5.41, 5.74) is 0.789. The Morgan fingerprint density at radius 3 is 2.22 bits per heavy atom. The number of amides is 1. The van der Waals surface area contributed by atoms with E-state index in [1.54, 1.807) is 0 Å². The highest BCUT2D eigenvalue weighted by Gasteiger charge is 2.25. The average molecular weight is 255 g/mol. The summed E-state index contributed by atoms with van der Waals surface area (Å²) in [6.07, 6.45) is -2.37. The van der Waals surface area contributed by atoms with Crippen molar-refractivity contribution >= 4 is 5.91 Å². The van der Waals surface area contributed by atoms with Crippen LogP contribution < -0.4 is 5.32 Å². The lowest BCUT2D eigenvalue weighted by atomic mass is 9.85. The first kappa shape index (κ1) is 14.6. The van der Waals surface area contributed by atoms with E-state index < -0.39 is 12.3 Å². The lowest BCUT2D eigenvalue weighted by Gasteiger charge is -2.27. The summed E-state index contributed by atoms with van der Waals surface area (Å²) < 4.78 is 24.7. The Hall–Kier alpha value is -1.45. The number of hydrogen-bond donors (Lipinski definition) is 1. The third-order valence-electron chi connectivity index (χ3n) is 2.53. The molecule has 1 rings (SSSR count). The Morgan fingerprint density at radius 2 is 1.78 bits per heavy atom. The highest BCUT2D eigenvalue weighted by Crippen LogP contribution is 2.29. The van der Waals surface area contributed by atoms with Crippen LogP contribution in [0.1, 0.15) is 38.8 Å². The smallest absolute Gasteiger partial charge is 0.315 e. The average Bonchev–Trinajstić information content (AvgIpc) is 2.27. The van der Waals surface area contributed by atoms with Crippen molar-refractivity contribution in [3.8, 4) is 0 Å². The first-order valence-electron chi connectivity index (χ1n) is 5.93. The minimum Gasteiger partial charge on any atom is -0.344 e. The fraction of sp³-hybridized carbons (Fsp3) is 0.500. The van der Waals surface area contributed by atoms with E-state index in [0.717, 1.165) is 5.56 Å². The zero-order valence-corrected chi connectivity index (χ0v) is 10.9. The molecule has 4 heteroatoms. The largest absolute Gasteiger partial charge is 0.344 e. The predicted octanol–water partition coefficient (Wildman–Crippen LogP) is 3.55. The molecule has 0 saturated heterocycles. The Bertz CT molecular complexity index is 385. The van der Waals surface area contributed by atoms with Crippen LogP contribution in [-0.2, 0) is 4.79 Å². The van der Waals surface area contributed by atoms with Crippen molar-refractivity contribution in [1.82, 2.24) is 5.32 Å². The van der Waals surface area contributed by atoms with Gasteiger partial charge in [0.2, 0.25) is 0 Å². The van der Waals surface area contributed by atoms with Crippen LogP contribution in [0.4, 0.5) is 8.78 Å². The molecule has 1 aromatic rings. The molecule has 1 atom stereocenters. The number of halogens is 2. The van der Waals surface area contributed by atoms with Gasteiger partial charge in [0.1, 0.15) is 0 Å². The maximum absolute atomic E-state index is 12.3. The zero-order valence-electron chi connectivity index (χ0n) is 10.9. The van der Waals surface area contributed by atoms with Gasteiger partial charge in [0.15, 0.2) is 0 Å². The topological polar surface area (TPSA) is 29.1 Å². The molecular weight excluding hydrogens is 236 g/mol. The Labute approximate surface area is 106 Å². The number of hydrogen-bond acceptors (Lipinski definition) is 1. The number of benzene rings is 1. The van der Waals surface area contributed by atoms with Crippen LogP contribution in [0, 0.1) is 5.41 Å². The fourth-order valence-corrected chi connectivity index (χ4v) is 1.78. The van der Waals surface area contributed by atoms with Crippen LogP contribution in [0.5, 0.6) is 0 Å². The molecule has 0 spiro atoms. The molecule has 1 amide bonds. The van der Waals surface area contributed by atoms with E-state index in [2.05, 4.69) is 5.32 Å². The summed E-state index contributed by atoms with van der Waals surface area (Å²) >= 11 is 0. The molecule has 0 saturated carbocycles. The van der Waals surface area contributed by atoms with Crippen LogP contribution in [0.25, 0.3) is 0 Å². The highest BCUT2D eigenvalue weighted by molar-refractivity contribution is 5.79. The molecule has 0 aliphatic carbocycles. The van der Waals surface area contributed by atoms with Gasteiger partial charge >= 0.3 is 6.43 Å². The van der Waals surface area contributed by atoms with E-state index in [1.807, 2.05) is 51.1 Å². The minimum absolute atomic E-state index is 0.0596. The standard InChI is InChI=1S/C14H19F2NO/c1-14(2,3)9-11(17-13(18)12(15)16)10-7-5-4-6-8-10/h4-8,11-12H,9H2,1-3H3,(H,17,18). The van der Waals surface area contributed by atoms with Gasteiger partial charge in [-0.05, 0) is 17.4 Å². The summed E-state index contributed by atoms with van der Waals surface area (Å²) in [5, 5.41) is 2.40. The molecule has 0 heterocycles. The normalized spacial score (nSPS) is 13.4. The second-order valence-electron chi connectivity index (χ2n) is 5.54. The van der Waals surface area contributed by atoms with Gasteiger partial charge in [-0.1, -0.05) is 51.1 Å². The third kappa shape index (κ3) is 4.82. The number of alkyl halides is 2. The lowest BCUT2D eigenvalue weighted by Crippen LogP contribution is -2.35. The summed E-state index contributed by atoms with van der Waals surface area (Å²) in [6, 6.07) is 8.81. The van der Waals surface area contributed by atoms with Gasteiger partial charge in [0, 0.05) is 0 Å². The molecule has 0 aliphatic rings. The molecule has 2 nitrogen and oxygen atoms in total.